The molecule has 0 aliphatic carbocycles. The lowest BCUT2D eigenvalue weighted by molar-refractivity contribution is -0.113. The lowest BCUT2D eigenvalue weighted by Crippen LogP contribution is -2.18. The van der Waals surface area contributed by atoms with Crippen LogP contribution in [0.15, 0.2) is 47.6 Å². The number of aryl methyl sites for hydroxylation is 1. The number of rotatable bonds is 9. The van der Waals surface area contributed by atoms with E-state index in [1.54, 1.807) is 11.6 Å². The van der Waals surface area contributed by atoms with Crippen LogP contribution in [0.3, 0.4) is 0 Å². The minimum atomic E-state index is -0.648. The quantitative estimate of drug-likeness (QED) is 0.348. The average molecular weight is 499 g/mol. The van der Waals surface area contributed by atoms with Gasteiger partial charge in [-0.3, -0.25) is 4.79 Å². The Morgan fingerprint density at radius 2 is 1.77 bits per heavy atom. The number of benzene rings is 2. The second-order valence-corrected chi connectivity index (χ2v) is 8.45. The summed E-state index contributed by atoms with van der Waals surface area (Å²) < 4.78 is 17.3. The second kappa shape index (κ2) is 11.5. The lowest BCUT2D eigenvalue weighted by Gasteiger charge is -2.15. The van der Waals surface area contributed by atoms with E-state index >= 15 is 0 Å². The molecule has 2 aromatic carbocycles. The zero-order valence-corrected chi connectivity index (χ0v) is 20.8. The van der Waals surface area contributed by atoms with Gasteiger partial charge in [-0.1, -0.05) is 30.0 Å². The van der Waals surface area contributed by atoms with E-state index in [2.05, 4.69) is 15.5 Å². The van der Waals surface area contributed by atoms with E-state index in [1.165, 1.54) is 44.2 Å². The molecule has 1 unspecified atom stereocenters. The summed E-state index contributed by atoms with van der Waals surface area (Å²) in [6.45, 7) is 3.84. The maximum Gasteiger partial charge on any atom is 0.339 e. The van der Waals surface area contributed by atoms with Crippen LogP contribution in [0.1, 0.15) is 45.1 Å². The Hall–Kier alpha value is -3.86. The van der Waals surface area contributed by atoms with Crippen molar-refractivity contribution in [2.24, 2.45) is 7.05 Å². The molecule has 3 aromatic rings. The van der Waals surface area contributed by atoms with Crippen molar-refractivity contribution in [1.29, 1.82) is 0 Å². The largest absolute Gasteiger partial charge is 0.482 e. The van der Waals surface area contributed by atoms with Gasteiger partial charge in [-0.15, -0.1) is 10.2 Å². The molecule has 0 saturated heterocycles. The van der Waals surface area contributed by atoms with Gasteiger partial charge in [0.05, 0.1) is 36.8 Å². The third-order valence-corrected chi connectivity index (χ3v) is 6.10. The number of aromatic nitrogens is 3. The number of para-hydroxylation sites is 1. The molecule has 0 aliphatic rings. The number of anilines is 1. The highest BCUT2D eigenvalue weighted by molar-refractivity contribution is 7.99. The Kier molecular flexibility index (Phi) is 8.48. The van der Waals surface area contributed by atoms with Crippen LogP contribution in [-0.4, -0.2) is 52.6 Å². The Morgan fingerprint density at radius 1 is 1.06 bits per heavy atom. The molecule has 35 heavy (non-hydrogen) atoms. The fourth-order valence-electron chi connectivity index (χ4n) is 3.23. The SMILES string of the molecule is COC(=O)c1ccc(C(=O)OC)c(NC(=O)CSc2nnc(C(C)Oc3ccccc3C)n2C)c1. The van der Waals surface area contributed by atoms with Crippen molar-refractivity contribution in [2.75, 3.05) is 25.3 Å². The number of amides is 1. The number of hydrogen-bond acceptors (Lipinski definition) is 9. The highest BCUT2D eigenvalue weighted by Crippen LogP contribution is 2.26. The van der Waals surface area contributed by atoms with Crippen molar-refractivity contribution in [2.45, 2.75) is 25.1 Å². The minimum Gasteiger partial charge on any atom is -0.482 e. The number of methoxy groups -OCH3 is 2. The Labute approximate surface area is 207 Å². The van der Waals surface area contributed by atoms with Crippen LogP contribution < -0.4 is 10.1 Å². The van der Waals surface area contributed by atoms with Gasteiger partial charge in [0.2, 0.25) is 5.91 Å². The van der Waals surface area contributed by atoms with Gasteiger partial charge in [0.1, 0.15) is 5.75 Å². The van der Waals surface area contributed by atoms with Crippen molar-refractivity contribution in [3.8, 4) is 5.75 Å². The van der Waals surface area contributed by atoms with Crippen LogP contribution in [0, 0.1) is 6.92 Å². The van der Waals surface area contributed by atoms with E-state index in [1.807, 2.05) is 38.1 Å². The van der Waals surface area contributed by atoms with Gasteiger partial charge in [-0.2, -0.15) is 0 Å². The fourth-order valence-corrected chi connectivity index (χ4v) is 3.95. The van der Waals surface area contributed by atoms with Gasteiger partial charge in [0.25, 0.3) is 0 Å². The number of thioether (sulfide) groups is 1. The van der Waals surface area contributed by atoms with Crippen molar-refractivity contribution in [3.05, 3.63) is 65.0 Å². The summed E-state index contributed by atoms with van der Waals surface area (Å²) >= 11 is 1.17. The summed E-state index contributed by atoms with van der Waals surface area (Å²) in [7, 11) is 4.27. The van der Waals surface area contributed by atoms with E-state index < -0.39 is 17.8 Å². The van der Waals surface area contributed by atoms with Crippen LogP contribution in [0.25, 0.3) is 0 Å². The molecule has 0 saturated carbocycles. The molecule has 10 nitrogen and oxygen atoms in total. The highest BCUT2D eigenvalue weighted by atomic mass is 32.2. The van der Waals surface area contributed by atoms with Crippen LogP contribution in [0.4, 0.5) is 5.69 Å². The Morgan fingerprint density at radius 3 is 2.46 bits per heavy atom. The van der Waals surface area contributed by atoms with Gasteiger partial charge in [0, 0.05) is 7.05 Å². The predicted molar refractivity (Wildman–Crippen MR) is 130 cm³/mol. The molecule has 11 heteroatoms. The third kappa shape index (κ3) is 6.18. The molecule has 184 valence electrons. The van der Waals surface area contributed by atoms with E-state index in [-0.39, 0.29) is 28.7 Å². The lowest BCUT2D eigenvalue weighted by atomic mass is 10.1. The van der Waals surface area contributed by atoms with Gasteiger partial charge in [-0.25, -0.2) is 9.59 Å². The summed E-state index contributed by atoms with van der Waals surface area (Å²) in [5.74, 6) is -0.301. The summed E-state index contributed by atoms with van der Waals surface area (Å²) in [5, 5.41) is 11.6. The average Bonchev–Trinajstić information content (AvgIpc) is 3.23. The van der Waals surface area contributed by atoms with E-state index in [0.717, 1.165) is 11.3 Å². The summed E-state index contributed by atoms with van der Waals surface area (Å²) in [6.07, 6.45) is -0.361. The van der Waals surface area contributed by atoms with Gasteiger partial charge < -0.3 is 24.1 Å². The van der Waals surface area contributed by atoms with Crippen LogP contribution >= 0.6 is 11.8 Å². The molecule has 1 heterocycles. The molecule has 3 rings (SSSR count). The number of nitrogens with one attached hydrogen (secondary N) is 1. The minimum absolute atomic E-state index is 0.0118. The van der Waals surface area contributed by atoms with E-state index in [0.29, 0.717) is 11.0 Å². The third-order valence-electron chi connectivity index (χ3n) is 5.08. The normalized spacial score (nSPS) is 11.5. The molecule has 0 radical (unpaired) electrons. The number of esters is 2. The first-order valence-electron chi connectivity index (χ1n) is 10.6. The molecule has 0 spiro atoms. The first-order chi connectivity index (χ1) is 16.7. The van der Waals surface area contributed by atoms with E-state index in [4.69, 9.17) is 14.2 Å². The van der Waals surface area contributed by atoms with Gasteiger partial charge in [0.15, 0.2) is 17.1 Å². The van der Waals surface area contributed by atoms with Crippen molar-refractivity contribution in [3.63, 3.8) is 0 Å². The standard InChI is InChI=1S/C24H26N4O6S/c1-14-8-6-7-9-19(14)34-15(2)21-26-27-24(28(21)3)35-13-20(29)25-18-12-16(22(30)32-4)10-11-17(18)23(31)33-5/h6-12,15H,13H2,1-5H3,(H,25,29). The summed E-state index contributed by atoms with van der Waals surface area (Å²) in [5.41, 5.74) is 1.45. The Bertz CT molecular complexity index is 1240. The molecular weight excluding hydrogens is 472 g/mol. The molecule has 1 aromatic heterocycles. The Balaban J connectivity index is 1.68. The van der Waals surface area contributed by atoms with Crippen molar-refractivity contribution in [1.82, 2.24) is 14.8 Å². The number of carbonyl (C=O) groups excluding carboxylic acids is 3. The molecule has 1 N–H and O–H groups in total. The fraction of sp³-hybridized carbons (Fsp3) is 0.292. The number of hydrogen-bond donors (Lipinski definition) is 1. The van der Waals surface area contributed by atoms with Gasteiger partial charge >= 0.3 is 11.9 Å². The zero-order valence-electron chi connectivity index (χ0n) is 20.0. The second-order valence-electron chi connectivity index (χ2n) is 7.51. The van der Waals surface area contributed by atoms with Gasteiger partial charge in [-0.05, 0) is 43.7 Å². The highest BCUT2D eigenvalue weighted by Gasteiger charge is 2.20. The van der Waals surface area contributed by atoms with Crippen LogP contribution in [0.5, 0.6) is 5.75 Å². The summed E-state index contributed by atoms with van der Waals surface area (Å²) in [6, 6.07) is 11.9. The zero-order chi connectivity index (χ0) is 25.5. The van der Waals surface area contributed by atoms with Crippen molar-refractivity contribution >= 4 is 35.3 Å². The maximum atomic E-state index is 12.6. The monoisotopic (exact) mass is 498 g/mol. The molecule has 0 fully saturated rings. The van der Waals surface area contributed by atoms with Crippen molar-refractivity contribution < 1.29 is 28.6 Å². The number of nitrogens with zero attached hydrogens (tertiary/aromatic N) is 3. The molecule has 1 atom stereocenters. The molecule has 0 aliphatic heterocycles. The first kappa shape index (κ1) is 25.8. The summed E-state index contributed by atoms with van der Waals surface area (Å²) in [4.78, 5) is 36.6. The maximum absolute atomic E-state index is 12.6. The number of ether oxygens (including phenoxy) is 3. The van der Waals surface area contributed by atoms with Crippen LogP contribution in [0.2, 0.25) is 0 Å². The number of carbonyl (C=O) groups is 3. The molecular formula is C24H26N4O6S. The predicted octanol–water partition coefficient (Wildman–Crippen LogP) is 3.57. The smallest absolute Gasteiger partial charge is 0.339 e. The topological polar surface area (TPSA) is 122 Å². The van der Waals surface area contributed by atoms with Crippen LogP contribution in [-0.2, 0) is 21.3 Å². The molecule has 0 bridgehead atoms. The molecule has 1 amide bonds. The van der Waals surface area contributed by atoms with E-state index in [9.17, 15) is 14.4 Å². The first-order valence-corrected chi connectivity index (χ1v) is 11.6.